The molecule has 0 saturated heterocycles. The Morgan fingerprint density at radius 2 is 1.55 bits per heavy atom. The summed E-state index contributed by atoms with van der Waals surface area (Å²) < 4.78 is 6.50. The summed E-state index contributed by atoms with van der Waals surface area (Å²) in [5.74, 6) is -0.292. The molecule has 0 bridgehead atoms. The number of hydrogen-bond acceptors (Lipinski definition) is 5. The van der Waals surface area contributed by atoms with Crippen molar-refractivity contribution in [3.63, 3.8) is 0 Å². The number of halogens is 1. The Morgan fingerprint density at radius 1 is 0.825 bits per heavy atom. The van der Waals surface area contributed by atoms with Gasteiger partial charge in [0.25, 0.3) is 11.8 Å². The molecule has 40 heavy (non-hydrogen) atoms. The third kappa shape index (κ3) is 8.45. The van der Waals surface area contributed by atoms with Crippen molar-refractivity contribution in [1.29, 1.82) is 0 Å². The number of ether oxygens (including phenoxy) is 1. The number of amides is 3. The van der Waals surface area contributed by atoms with Crippen LogP contribution in [-0.4, -0.2) is 30.6 Å². The summed E-state index contributed by atoms with van der Waals surface area (Å²) in [4.78, 5) is 39.5. The molecule has 3 amide bonds. The summed E-state index contributed by atoms with van der Waals surface area (Å²) in [6.07, 6.45) is 1.57. The van der Waals surface area contributed by atoms with Crippen LogP contribution in [0.2, 0.25) is 0 Å². The van der Waals surface area contributed by atoms with Gasteiger partial charge in [-0.25, -0.2) is 0 Å². The van der Waals surface area contributed by atoms with Crippen LogP contribution in [0.15, 0.2) is 114 Å². The fourth-order valence-electron chi connectivity index (χ4n) is 3.62. The highest BCUT2D eigenvalue weighted by Gasteiger charge is 2.16. The molecule has 0 aliphatic carbocycles. The maximum absolute atomic E-state index is 13.4. The summed E-state index contributed by atoms with van der Waals surface area (Å²) in [5, 5.41) is 8.46. The van der Waals surface area contributed by atoms with Gasteiger partial charge in [0, 0.05) is 31.0 Å². The smallest absolute Gasteiger partial charge is 0.272 e. The summed E-state index contributed by atoms with van der Waals surface area (Å²) >= 11 is 3.56. The highest BCUT2D eigenvalue weighted by molar-refractivity contribution is 14.1. The van der Waals surface area contributed by atoms with Gasteiger partial charge >= 0.3 is 0 Å². The maximum atomic E-state index is 13.4. The number of para-hydroxylation sites is 1. The third-order valence-electron chi connectivity index (χ3n) is 5.56. The van der Waals surface area contributed by atoms with Crippen molar-refractivity contribution in [2.45, 2.75) is 4.90 Å². The Morgan fingerprint density at radius 3 is 2.30 bits per heavy atom. The molecule has 0 unspecified atom stereocenters. The lowest BCUT2D eigenvalue weighted by Gasteiger charge is -2.13. The van der Waals surface area contributed by atoms with Gasteiger partial charge in [0.2, 0.25) is 5.91 Å². The number of benzene rings is 4. The maximum Gasteiger partial charge on any atom is 0.272 e. The summed E-state index contributed by atoms with van der Waals surface area (Å²) in [7, 11) is 1.54. The molecule has 9 heteroatoms. The predicted molar refractivity (Wildman–Crippen MR) is 168 cm³/mol. The Balaban J connectivity index is 1.47. The molecule has 7 nitrogen and oxygen atoms in total. The van der Waals surface area contributed by atoms with Crippen molar-refractivity contribution in [3.8, 4) is 5.75 Å². The van der Waals surface area contributed by atoms with Gasteiger partial charge in [-0.05, 0) is 89.3 Å². The molecule has 0 atom stereocenters. The van der Waals surface area contributed by atoms with E-state index in [-0.39, 0.29) is 17.4 Å². The highest BCUT2D eigenvalue weighted by Crippen LogP contribution is 2.24. The summed E-state index contributed by atoms with van der Waals surface area (Å²) in [6, 6.07) is 30.6. The molecule has 0 spiro atoms. The van der Waals surface area contributed by atoms with Crippen molar-refractivity contribution < 1.29 is 19.1 Å². The number of hydrogen-bond donors (Lipinski definition) is 3. The number of rotatable bonds is 10. The molecule has 0 saturated carbocycles. The monoisotopic (exact) mass is 663 g/mol. The van der Waals surface area contributed by atoms with Crippen molar-refractivity contribution in [2.75, 3.05) is 23.5 Å². The molecule has 4 rings (SSSR count). The first-order valence-electron chi connectivity index (χ1n) is 12.2. The van der Waals surface area contributed by atoms with E-state index in [1.54, 1.807) is 67.8 Å². The second-order valence-electron chi connectivity index (χ2n) is 8.45. The third-order valence-corrected chi connectivity index (χ3v) is 7.27. The number of carbonyl (C=O) groups is 3. The van der Waals surface area contributed by atoms with Crippen molar-refractivity contribution in [3.05, 3.63) is 124 Å². The number of thioether (sulfide) groups is 1. The van der Waals surface area contributed by atoms with E-state index in [0.717, 1.165) is 14.2 Å². The Bertz CT molecular complexity index is 1530. The lowest BCUT2D eigenvalue weighted by molar-refractivity contribution is -0.114. The fourth-order valence-corrected chi connectivity index (χ4v) is 4.74. The molecular formula is C31H26IN3O4S. The Hall–Kier alpha value is -4.09. The molecule has 3 N–H and O–H groups in total. The van der Waals surface area contributed by atoms with Crippen molar-refractivity contribution in [2.24, 2.45) is 0 Å². The van der Waals surface area contributed by atoms with Gasteiger partial charge in [-0.1, -0.05) is 42.5 Å². The van der Waals surface area contributed by atoms with Crippen LogP contribution in [0.3, 0.4) is 0 Å². The fraction of sp³-hybridized carbons (Fsp3) is 0.0645. The van der Waals surface area contributed by atoms with Crippen LogP contribution in [0.5, 0.6) is 5.75 Å². The lowest BCUT2D eigenvalue weighted by Crippen LogP contribution is -2.30. The minimum Gasteiger partial charge on any atom is -0.496 e. The average molecular weight is 664 g/mol. The molecule has 0 radical (unpaired) electrons. The van der Waals surface area contributed by atoms with Crippen LogP contribution in [0.25, 0.3) is 6.08 Å². The predicted octanol–water partition coefficient (Wildman–Crippen LogP) is 6.44. The van der Waals surface area contributed by atoms with E-state index in [4.69, 9.17) is 4.74 Å². The molecule has 0 aromatic heterocycles. The summed E-state index contributed by atoms with van der Waals surface area (Å²) in [5.41, 5.74) is 2.36. The molecule has 0 aliphatic heterocycles. The normalized spacial score (nSPS) is 10.9. The second-order valence-corrected chi connectivity index (χ2v) is 10.7. The van der Waals surface area contributed by atoms with Crippen molar-refractivity contribution in [1.82, 2.24) is 5.32 Å². The van der Waals surface area contributed by atoms with Gasteiger partial charge in [-0.15, -0.1) is 11.8 Å². The van der Waals surface area contributed by atoms with E-state index in [1.807, 2.05) is 48.5 Å². The summed E-state index contributed by atoms with van der Waals surface area (Å²) in [6.45, 7) is 0. The van der Waals surface area contributed by atoms with E-state index in [0.29, 0.717) is 22.6 Å². The first kappa shape index (κ1) is 28.9. The van der Waals surface area contributed by atoms with E-state index >= 15 is 0 Å². The van der Waals surface area contributed by atoms with Crippen LogP contribution in [0.1, 0.15) is 15.9 Å². The van der Waals surface area contributed by atoms with Gasteiger partial charge in [0.15, 0.2) is 0 Å². The average Bonchev–Trinajstić information content (AvgIpc) is 2.98. The zero-order chi connectivity index (χ0) is 28.3. The second kappa shape index (κ2) is 14.3. The van der Waals surface area contributed by atoms with Gasteiger partial charge < -0.3 is 20.7 Å². The first-order chi connectivity index (χ1) is 19.4. The van der Waals surface area contributed by atoms with E-state index in [1.165, 1.54) is 11.8 Å². The molecule has 0 aliphatic rings. The molecule has 4 aromatic carbocycles. The minimum atomic E-state index is -0.506. The SMILES string of the molecule is COc1ccccc1/C=C(/NC(=O)c1ccccc1)C(=O)Nc1cccc(SCC(=O)Nc2ccc(I)cc2)c1. The number of anilines is 2. The van der Waals surface area contributed by atoms with Crippen LogP contribution in [0, 0.1) is 3.57 Å². The standard InChI is InChI=1S/C31H26IN3O4S/c1-39-28-13-6-5-10-22(28)18-27(35-30(37)21-8-3-2-4-9-21)31(38)34-25-11-7-12-26(19-25)40-20-29(36)33-24-16-14-23(32)15-17-24/h2-19H,20H2,1H3,(H,33,36)(H,34,38)(H,35,37)/b27-18+. The van der Waals surface area contributed by atoms with Gasteiger partial charge in [0.05, 0.1) is 12.9 Å². The lowest BCUT2D eigenvalue weighted by atomic mass is 10.1. The minimum absolute atomic E-state index is 0.0494. The van der Waals surface area contributed by atoms with E-state index in [9.17, 15) is 14.4 Å². The molecule has 4 aromatic rings. The number of methoxy groups -OCH3 is 1. The van der Waals surface area contributed by atoms with E-state index < -0.39 is 11.8 Å². The molecular weight excluding hydrogens is 637 g/mol. The van der Waals surface area contributed by atoms with Crippen LogP contribution in [-0.2, 0) is 9.59 Å². The zero-order valence-electron chi connectivity index (χ0n) is 21.5. The topological polar surface area (TPSA) is 96.5 Å². The van der Waals surface area contributed by atoms with Gasteiger partial charge in [-0.2, -0.15) is 0 Å². The molecule has 0 heterocycles. The van der Waals surface area contributed by atoms with Crippen LogP contribution in [0.4, 0.5) is 11.4 Å². The Kier molecular flexibility index (Phi) is 10.4. The van der Waals surface area contributed by atoms with Gasteiger partial charge in [0.1, 0.15) is 11.4 Å². The Labute approximate surface area is 250 Å². The molecule has 202 valence electrons. The number of nitrogens with one attached hydrogen (secondary N) is 3. The van der Waals surface area contributed by atoms with Crippen LogP contribution < -0.4 is 20.7 Å². The largest absolute Gasteiger partial charge is 0.496 e. The van der Waals surface area contributed by atoms with E-state index in [2.05, 4.69) is 38.5 Å². The molecule has 0 fully saturated rings. The quantitative estimate of drug-likeness (QED) is 0.103. The van der Waals surface area contributed by atoms with Crippen molar-refractivity contribution >= 4 is 69.5 Å². The first-order valence-corrected chi connectivity index (χ1v) is 14.3. The highest BCUT2D eigenvalue weighted by atomic mass is 127. The zero-order valence-corrected chi connectivity index (χ0v) is 24.5. The van der Waals surface area contributed by atoms with Crippen LogP contribution >= 0.6 is 34.4 Å². The number of carbonyl (C=O) groups excluding carboxylic acids is 3. The van der Waals surface area contributed by atoms with Gasteiger partial charge in [-0.3, -0.25) is 14.4 Å².